The molecule has 0 amide bonds. The van der Waals surface area contributed by atoms with Gasteiger partial charge in [-0.3, -0.25) is 4.39 Å². The topological polar surface area (TPSA) is 35.8 Å². The van der Waals surface area contributed by atoms with Crippen LogP contribution in [-0.2, 0) is 0 Å². The van der Waals surface area contributed by atoms with Crippen LogP contribution in [0.3, 0.4) is 0 Å². The van der Waals surface area contributed by atoms with Crippen molar-refractivity contribution in [1.82, 2.24) is 5.32 Å². The first-order chi connectivity index (χ1) is 5.33. The molecule has 11 heavy (non-hydrogen) atoms. The summed E-state index contributed by atoms with van der Waals surface area (Å²) in [5, 5.41) is 12.0. The third-order valence-electron chi connectivity index (χ3n) is 2.37. The summed E-state index contributed by atoms with van der Waals surface area (Å²) in [4.78, 5) is 0. The highest BCUT2D eigenvalue weighted by molar-refractivity contribution is 5.01. The van der Waals surface area contributed by atoms with Gasteiger partial charge in [0, 0.05) is 0 Å². The van der Waals surface area contributed by atoms with E-state index in [0.29, 0.717) is 6.42 Å². The van der Waals surface area contributed by atoms with E-state index in [1.54, 1.807) is 0 Å². The zero-order chi connectivity index (χ0) is 8.16. The van der Waals surface area contributed by atoms with Crippen molar-refractivity contribution in [2.24, 2.45) is 5.41 Å². The number of halogens is 1. The third kappa shape index (κ3) is 1.90. The van der Waals surface area contributed by atoms with E-state index >= 15 is 0 Å². The molecule has 0 atom stereocenters. The van der Waals surface area contributed by atoms with Crippen LogP contribution in [-0.4, -0.2) is 19.8 Å². The van der Waals surface area contributed by atoms with Gasteiger partial charge in [0.25, 0.3) is 0 Å². The van der Waals surface area contributed by atoms with Gasteiger partial charge in [0.05, 0.1) is 18.2 Å². The van der Waals surface area contributed by atoms with Crippen LogP contribution in [0, 0.1) is 16.7 Å². The van der Waals surface area contributed by atoms with E-state index < -0.39 is 0 Å². The highest BCUT2D eigenvalue weighted by atomic mass is 19.1. The highest BCUT2D eigenvalue weighted by Gasteiger charge is 2.31. The average molecular weight is 156 g/mol. The number of nitrogens with one attached hydrogen (secondary N) is 1. The van der Waals surface area contributed by atoms with E-state index in [1.807, 2.05) is 0 Å². The Balaban J connectivity index is 2.51. The number of rotatable bonds is 2. The summed E-state index contributed by atoms with van der Waals surface area (Å²) in [6, 6.07) is 2.24. The summed E-state index contributed by atoms with van der Waals surface area (Å²) in [5.74, 6) is 0. The maximum Gasteiger partial charge on any atom is 0.0909 e. The summed E-state index contributed by atoms with van der Waals surface area (Å²) in [5.41, 5.74) is -0.361. The van der Waals surface area contributed by atoms with Crippen LogP contribution in [0.5, 0.6) is 0 Å². The van der Waals surface area contributed by atoms with Gasteiger partial charge in [0.1, 0.15) is 0 Å². The van der Waals surface area contributed by atoms with E-state index in [9.17, 15) is 4.39 Å². The molecule has 1 saturated heterocycles. The molecule has 1 aliphatic rings. The average Bonchev–Trinajstić information content (AvgIpc) is 2.07. The molecule has 1 rings (SSSR count). The molecule has 1 fully saturated rings. The standard InChI is InChI=1S/C8H13FN2/c9-4-1-8(7-10)2-5-11-6-3-8/h11H,1-6H2. The lowest BCUT2D eigenvalue weighted by atomic mass is 9.78. The lowest BCUT2D eigenvalue weighted by Crippen LogP contribution is -2.36. The molecule has 1 heterocycles. The Kier molecular flexibility index (Phi) is 2.84. The number of nitriles is 1. The van der Waals surface area contributed by atoms with Crippen LogP contribution in [0.25, 0.3) is 0 Å². The third-order valence-corrected chi connectivity index (χ3v) is 2.37. The van der Waals surface area contributed by atoms with Crippen molar-refractivity contribution in [3.8, 4) is 6.07 Å². The Labute approximate surface area is 66.4 Å². The molecule has 62 valence electrons. The lowest BCUT2D eigenvalue weighted by Gasteiger charge is -2.29. The second kappa shape index (κ2) is 3.68. The summed E-state index contributed by atoms with van der Waals surface area (Å²) >= 11 is 0. The van der Waals surface area contributed by atoms with Gasteiger partial charge in [-0.25, -0.2) is 0 Å². The predicted molar refractivity (Wildman–Crippen MR) is 40.7 cm³/mol. The largest absolute Gasteiger partial charge is 0.317 e. The molecule has 1 aliphatic heterocycles. The minimum atomic E-state index is -0.367. The van der Waals surface area contributed by atoms with Gasteiger partial charge in [-0.2, -0.15) is 5.26 Å². The van der Waals surface area contributed by atoms with Crippen molar-refractivity contribution >= 4 is 0 Å². The molecule has 0 bridgehead atoms. The second-order valence-corrected chi connectivity index (χ2v) is 3.08. The SMILES string of the molecule is N#CC1(CCF)CCNCC1. The first-order valence-corrected chi connectivity index (χ1v) is 4.01. The van der Waals surface area contributed by atoms with Gasteiger partial charge in [0.15, 0.2) is 0 Å². The van der Waals surface area contributed by atoms with Gasteiger partial charge in [0.2, 0.25) is 0 Å². The number of hydrogen-bond acceptors (Lipinski definition) is 2. The van der Waals surface area contributed by atoms with E-state index in [2.05, 4.69) is 11.4 Å². The Bertz CT molecular complexity index is 150. The van der Waals surface area contributed by atoms with Crippen LogP contribution in [0.15, 0.2) is 0 Å². The lowest BCUT2D eigenvalue weighted by molar-refractivity contribution is 0.237. The van der Waals surface area contributed by atoms with Crippen molar-refractivity contribution in [2.45, 2.75) is 19.3 Å². The number of alkyl halides is 1. The fraction of sp³-hybridized carbons (Fsp3) is 0.875. The molecule has 0 aromatic rings. The molecular weight excluding hydrogens is 143 g/mol. The van der Waals surface area contributed by atoms with E-state index in [0.717, 1.165) is 25.9 Å². The quantitative estimate of drug-likeness (QED) is 0.653. The van der Waals surface area contributed by atoms with Crippen LogP contribution in [0.1, 0.15) is 19.3 Å². The normalized spacial score (nSPS) is 22.5. The van der Waals surface area contributed by atoms with Crippen molar-refractivity contribution in [3.05, 3.63) is 0 Å². The predicted octanol–water partition coefficient (Wildman–Crippen LogP) is 1.24. The Morgan fingerprint density at radius 1 is 1.45 bits per heavy atom. The first kappa shape index (κ1) is 8.48. The fourth-order valence-electron chi connectivity index (χ4n) is 1.50. The molecule has 0 spiro atoms. The fourth-order valence-corrected chi connectivity index (χ4v) is 1.50. The van der Waals surface area contributed by atoms with Crippen LogP contribution < -0.4 is 5.32 Å². The zero-order valence-corrected chi connectivity index (χ0v) is 6.57. The molecule has 3 heteroatoms. The minimum absolute atomic E-state index is 0.361. The Hall–Kier alpha value is -0.620. The molecule has 0 saturated carbocycles. The van der Waals surface area contributed by atoms with Crippen molar-refractivity contribution < 1.29 is 4.39 Å². The molecule has 0 unspecified atom stereocenters. The van der Waals surface area contributed by atoms with Gasteiger partial charge < -0.3 is 5.32 Å². The zero-order valence-electron chi connectivity index (χ0n) is 6.57. The summed E-state index contributed by atoms with van der Waals surface area (Å²) in [6.07, 6.45) is 2.01. The monoisotopic (exact) mass is 156 g/mol. The molecule has 0 aromatic carbocycles. The van der Waals surface area contributed by atoms with Crippen molar-refractivity contribution in [2.75, 3.05) is 19.8 Å². The van der Waals surface area contributed by atoms with E-state index in [1.165, 1.54) is 0 Å². The van der Waals surface area contributed by atoms with Crippen LogP contribution >= 0.6 is 0 Å². The molecule has 2 nitrogen and oxygen atoms in total. The van der Waals surface area contributed by atoms with E-state index in [-0.39, 0.29) is 12.1 Å². The number of piperidine rings is 1. The second-order valence-electron chi connectivity index (χ2n) is 3.08. The molecule has 0 aliphatic carbocycles. The molecular formula is C8H13FN2. The van der Waals surface area contributed by atoms with Gasteiger partial charge >= 0.3 is 0 Å². The Morgan fingerprint density at radius 2 is 2.09 bits per heavy atom. The Morgan fingerprint density at radius 3 is 2.55 bits per heavy atom. The number of hydrogen-bond donors (Lipinski definition) is 1. The summed E-state index contributed by atoms with van der Waals surface area (Å²) in [6.45, 7) is 1.34. The molecule has 0 radical (unpaired) electrons. The minimum Gasteiger partial charge on any atom is -0.317 e. The van der Waals surface area contributed by atoms with Crippen LogP contribution in [0.2, 0.25) is 0 Å². The first-order valence-electron chi connectivity index (χ1n) is 4.01. The molecule has 1 N–H and O–H groups in total. The van der Waals surface area contributed by atoms with Crippen LogP contribution in [0.4, 0.5) is 4.39 Å². The highest BCUT2D eigenvalue weighted by Crippen LogP contribution is 2.31. The van der Waals surface area contributed by atoms with Gasteiger partial charge in [-0.1, -0.05) is 0 Å². The van der Waals surface area contributed by atoms with Gasteiger partial charge in [-0.05, 0) is 32.4 Å². The van der Waals surface area contributed by atoms with E-state index in [4.69, 9.17) is 5.26 Å². The number of nitrogens with zero attached hydrogens (tertiary/aromatic N) is 1. The summed E-state index contributed by atoms with van der Waals surface area (Å²) in [7, 11) is 0. The van der Waals surface area contributed by atoms with Crippen molar-refractivity contribution in [3.63, 3.8) is 0 Å². The van der Waals surface area contributed by atoms with Crippen molar-refractivity contribution in [1.29, 1.82) is 5.26 Å². The maximum atomic E-state index is 12.0. The maximum absolute atomic E-state index is 12.0. The summed E-state index contributed by atoms with van der Waals surface area (Å²) < 4.78 is 12.0. The smallest absolute Gasteiger partial charge is 0.0909 e. The molecule has 0 aromatic heterocycles. The van der Waals surface area contributed by atoms with Gasteiger partial charge in [-0.15, -0.1) is 0 Å².